The van der Waals surface area contributed by atoms with Crippen LogP contribution >= 0.6 is 0 Å². The van der Waals surface area contributed by atoms with Crippen molar-refractivity contribution in [1.82, 2.24) is 0 Å². The van der Waals surface area contributed by atoms with Crippen LogP contribution in [0.25, 0.3) is 0 Å². The lowest BCUT2D eigenvalue weighted by Gasteiger charge is -2.11. The number of carbonyl (C=O) groups excluding carboxylic acids is 1. The fourth-order valence-corrected chi connectivity index (χ4v) is 2.01. The minimum atomic E-state index is -0.148. The van der Waals surface area contributed by atoms with Crippen molar-refractivity contribution in [3.8, 4) is 17.2 Å². The zero-order valence-corrected chi connectivity index (χ0v) is 13.4. The molecule has 1 amide bonds. The minimum absolute atomic E-state index is 0.140. The van der Waals surface area contributed by atoms with Crippen molar-refractivity contribution in [1.29, 1.82) is 0 Å². The van der Waals surface area contributed by atoms with E-state index < -0.39 is 0 Å². The Hall–Kier alpha value is -2.89. The van der Waals surface area contributed by atoms with E-state index in [2.05, 4.69) is 10.6 Å². The van der Waals surface area contributed by atoms with E-state index in [1.165, 1.54) is 0 Å². The van der Waals surface area contributed by atoms with Crippen molar-refractivity contribution < 1.29 is 19.0 Å². The number of anilines is 2. The van der Waals surface area contributed by atoms with E-state index in [1.54, 1.807) is 57.7 Å². The number of rotatable bonds is 7. The molecule has 0 spiro atoms. The standard InChI is InChI=1S/C17H20N2O4/c1-21-14-7-4-12(5-8-14)19-17(20)11-18-13-6-9-15(22-2)16(10-13)23-3/h4-10,18H,11H2,1-3H3,(H,19,20). The molecule has 0 radical (unpaired) electrons. The van der Waals surface area contributed by atoms with Gasteiger partial charge < -0.3 is 24.8 Å². The van der Waals surface area contributed by atoms with E-state index in [1.807, 2.05) is 6.07 Å². The van der Waals surface area contributed by atoms with E-state index in [-0.39, 0.29) is 12.5 Å². The molecule has 6 heteroatoms. The molecule has 0 aliphatic heterocycles. The fraction of sp³-hybridized carbons (Fsp3) is 0.235. The number of amides is 1. The number of hydrogen-bond acceptors (Lipinski definition) is 5. The number of nitrogens with one attached hydrogen (secondary N) is 2. The van der Waals surface area contributed by atoms with Crippen LogP contribution in [-0.4, -0.2) is 33.8 Å². The van der Waals surface area contributed by atoms with Gasteiger partial charge in [0.25, 0.3) is 0 Å². The Balaban J connectivity index is 1.90. The molecule has 0 aromatic heterocycles. The molecule has 2 aromatic carbocycles. The summed E-state index contributed by atoms with van der Waals surface area (Å²) in [5.74, 6) is 1.84. The molecule has 6 nitrogen and oxygen atoms in total. The molecule has 2 N–H and O–H groups in total. The van der Waals surface area contributed by atoms with Crippen molar-refractivity contribution in [2.75, 3.05) is 38.5 Å². The Kier molecular flexibility index (Phi) is 5.68. The highest BCUT2D eigenvalue weighted by Gasteiger charge is 2.06. The summed E-state index contributed by atoms with van der Waals surface area (Å²) < 4.78 is 15.5. The molecule has 0 bridgehead atoms. The van der Waals surface area contributed by atoms with Gasteiger partial charge in [-0.3, -0.25) is 4.79 Å². The van der Waals surface area contributed by atoms with Crippen molar-refractivity contribution in [3.05, 3.63) is 42.5 Å². The van der Waals surface area contributed by atoms with Crippen LogP contribution in [0.2, 0.25) is 0 Å². The van der Waals surface area contributed by atoms with Gasteiger partial charge in [0.1, 0.15) is 5.75 Å². The molecule has 0 unspecified atom stereocenters. The molecule has 0 aliphatic carbocycles. The maximum absolute atomic E-state index is 12.0. The molecule has 2 rings (SSSR count). The maximum Gasteiger partial charge on any atom is 0.243 e. The number of benzene rings is 2. The van der Waals surface area contributed by atoms with Crippen molar-refractivity contribution in [3.63, 3.8) is 0 Å². The normalized spacial score (nSPS) is 9.87. The number of carbonyl (C=O) groups is 1. The average Bonchev–Trinajstić information content (AvgIpc) is 2.60. The van der Waals surface area contributed by atoms with Crippen molar-refractivity contribution in [2.24, 2.45) is 0 Å². The first-order valence-electron chi connectivity index (χ1n) is 7.06. The molecule has 0 aliphatic rings. The monoisotopic (exact) mass is 316 g/mol. The topological polar surface area (TPSA) is 68.8 Å². The predicted octanol–water partition coefficient (Wildman–Crippen LogP) is 2.76. The van der Waals surface area contributed by atoms with Gasteiger partial charge in [-0.25, -0.2) is 0 Å². The molecule has 2 aromatic rings. The molecule has 0 fully saturated rings. The number of hydrogen-bond donors (Lipinski definition) is 2. The van der Waals surface area contributed by atoms with Crippen LogP contribution in [0.15, 0.2) is 42.5 Å². The van der Waals surface area contributed by atoms with Crippen molar-refractivity contribution in [2.45, 2.75) is 0 Å². The lowest BCUT2D eigenvalue weighted by atomic mass is 10.2. The number of ether oxygens (including phenoxy) is 3. The highest BCUT2D eigenvalue weighted by molar-refractivity contribution is 5.93. The molecular formula is C17H20N2O4. The van der Waals surface area contributed by atoms with E-state index in [4.69, 9.17) is 14.2 Å². The Morgan fingerprint density at radius 3 is 2.13 bits per heavy atom. The quantitative estimate of drug-likeness (QED) is 0.822. The third-order valence-electron chi connectivity index (χ3n) is 3.21. The first-order valence-corrected chi connectivity index (χ1v) is 7.06. The average molecular weight is 316 g/mol. The summed E-state index contributed by atoms with van der Waals surface area (Å²) in [5, 5.41) is 5.84. The molecule has 0 saturated carbocycles. The summed E-state index contributed by atoms with van der Waals surface area (Å²) in [6.07, 6.45) is 0. The maximum atomic E-state index is 12.0. The first kappa shape index (κ1) is 16.5. The van der Waals surface area contributed by atoms with Crippen molar-refractivity contribution >= 4 is 17.3 Å². The van der Waals surface area contributed by atoms with Gasteiger partial charge in [0, 0.05) is 17.4 Å². The molecule has 122 valence electrons. The summed E-state index contributed by atoms with van der Waals surface area (Å²) in [6, 6.07) is 12.5. The van der Waals surface area contributed by atoms with Crippen LogP contribution in [0.4, 0.5) is 11.4 Å². The van der Waals surface area contributed by atoms with Crippen LogP contribution in [0.5, 0.6) is 17.2 Å². The zero-order chi connectivity index (χ0) is 16.7. The van der Waals surface area contributed by atoms with Gasteiger partial charge in [0.15, 0.2) is 11.5 Å². The first-order chi connectivity index (χ1) is 11.2. The second kappa shape index (κ2) is 7.93. The van der Waals surface area contributed by atoms with Gasteiger partial charge in [-0.05, 0) is 36.4 Å². The zero-order valence-electron chi connectivity index (χ0n) is 13.4. The van der Waals surface area contributed by atoms with Crippen LogP contribution in [0.1, 0.15) is 0 Å². The van der Waals surface area contributed by atoms with Crippen LogP contribution in [0, 0.1) is 0 Å². The summed E-state index contributed by atoms with van der Waals surface area (Å²) in [6.45, 7) is 0.140. The Labute approximate surface area is 135 Å². The summed E-state index contributed by atoms with van der Waals surface area (Å²) >= 11 is 0. The Morgan fingerprint density at radius 2 is 1.52 bits per heavy atom. The molecule has 23 heavy (non-hydrogen) atoms. The van der Waals surface area contributed by atoms with Gasteiger partial charge in [0.05, 0.1) is 27.9 Å². The molecule has 0 saturated heterocycles. The van der Waals surface area contributed by atoms with E-state index >= 15 is 0 Å². The third kappa shape index (κ3) is 4.54. The molecular weight excluding hydrogens is 296 g/mol. The van der Waals surface area contributed by atoms with Gasteiger partial charge in [0.2, 0.25) is 5.91 Å². The van der Waals surface area contributed by atoms with Crippen LogP contribution in [-0.2, 0) is 4.79 Å². The van der Waals surface area contributed by atoms with E-state index in [0.29, 0.717) is 17.2 Å². The van der Waals surface area contributed by atoms with E-state index in [0.717, 1.165) is 11.4 Å². The van der Waals surface area contributed by atoms with Gasteiger partial charge >= 0.3 is 0 Å². The SMILES string of the molecule is COc1ccc(NC(=O)CNc2ccc(OC)c(OC)c2)cc1. The largest absolute Gasteiger partial charge is 0.497 e. The Bertz CT molecular complexity index is 656. The van der Waals surface area contributed by atoms with Gasteiger partial charge in [-0.15, -0.1) is 0 Å². The minimum Gasteiger partial charge on any atom is -0.497 e. The summed E-state index contributed by atoms with van der Waals surface area (Å²) in [4.78, 5) is 12.0. The smallest absolute Gasteiger partial charge is 0.243 e. The second-order valence-corrected chi connectivity index (χ2v) is 4.70. The fourth-order valence-electron chi connectivity index (χ4n) is 2.01. The number of methoxy groups -OCH3 is 3. The highest BCUT2D eigenvalue weighted by Crippen LogP contribution is 2.29. The van der Waals surface area contributed by atoms with Crippen LogP contribution < -0.4 is 24.8 Å². The lowest BCUT2D eigenvalue weighted by Crippen LogP contribution is -2.21. The third-order valence-corrected chi connectivity index (χ3v) is 3.21. The van der Waals surface area contributed by atoms with Gasteiger partial charge in [-0.2, -0.15) is 0 Å². The molecule has 0 heterocycles. The summed E-state index contributed by atoms with van der Waals surface area (Å²) in [7, 11) is 4.74. The van der Waals surface area contributed by atoms with Crippen LogP contribution in [0.3, 0.4) is 0 Å². The highest BCUT2D eigenvalue weighted by atomic mass is 16.5. The second-order valence-electron chi connectivity index (χ2n) is 4.70. The summed E-state index contributed by atoms with van der Waals surface area (Å²) in [5.41, 5.74) is 1.48. The van der Waals surface area contributed by atoms with Gasteiger partial charge in [-0.1, -0.05) is 0 Å². The lowest BCUT2D eigenvalue weighted by molar-refractivity contribution is -0.114. The van der Waals surface area contributed by atoms with E-state index in [9.17, 15) is 4.79 Å². The Morgan fingerprint density at radius 1 is 0.870 bits per heavy atom. The molecule has 0 atom stereocenters. The predicted molar refractivity (Wildman–Crippen MR) is 89.7 cm³/mol.